The van der Waals surface area contributed by atoms with Gasteiger partial charge in [0.15, 0.2) is 0 Å². The lowest BCUT2D eigenvalue weighted by Gasteiger charge is -2.02. The SMILES string of the molecule is CC(=O)Nc1ccc(COI)cc1. The molecular formula is C9H10INO2. The lowest BCUT2D eigenvalue weighted by atomic mass is 10.2. The summed E-state index contributed by atoms with van der Waals surface area (Å²) in [7, 11) is 0. The Morgan fingerprint density at radius 1 is 1.46 bits per heavy atom. The van der Waals surface area contributed by atoms with E-state index < -0.39 is 0 Å². The predicted molar refractivity (Wildman–Crippen MR) is 59.6 cm³/mol. The van der Waals surface area contributed by atoms with Crippen molar-refractivity contribution in [2.24, 2.45) is 0 Å². The molecule has 1 amide bonds. The summed E-state index contributed by atoms with van der Waals surface area (Å²) in [5.41, 5.74) is 1.90. The number of anilines is 1. The largest absolute Gasteiger partial charge is 0.326 e. The number of rotatable bonds is 3. The van der Waals surface area contributed by atoms with Crippen molar-refractivity contribution in [1.29, 1.82) is 0 Å². The van der Waals surface area contributed by atoms with E-state index in [1.54, 1.807) is 0 Å². The molecule has 0 fully saturated rings. The van der Waals surface area contributed by atoms with Crippen molar-refractivity contribution in [2.45, 2.75) is 13.5 Å². The van der Waals surface area contributed by atoms with E-state index in [-0.39, 0.29) is 5.91 Å². The van der Waals surface area contributed by atoms with Crippen LogP contribution < -0.4 is 5.32 Å². The second kappa shape index (κ2) is 5.18. The smallest absolute Gasteiger partial charge is 0.221 e. The summed E-state index contributed by atoms with van der Waals surface area (Å²) in [4.78, 5) is 10.7. The van der Waals surface area contributed by atoms with E-state index in [4.69, 9.17) is 3.07 Å². The third kappa shape index (κ3) is 3.73. The number of amides is 1. The molecule has 4 heteroatoms. The van der Waals surface area contributed by atoms with Gasteiger partial charge in [0.2, 0.25) is 5.91 Å². The lowest BCUT2D eigenvalue weighted by molar-refractivity contribution is -0.114. The molecule has 1 rings (SSSR count). The monoisotopic (exact) mass is 291 g/mol. The zero-order valence-corrected chi connectivity index (χ0v) is 9.37. The molecule has 0 aliphatic carbocycles. The average molecular weight is 291 g/mol. The highest BCUT2D eigenvalue weighted by Gasteiger charge is 1.95. The van der Waals surface area contributed by atoms with E-state index in [1.807, 2.05) is 47.3 Å². The average Bonchev–Trinajstić information content (AvgIpc) is 2.08. The van der Waals surface area contributed by atoms with E-state index >= 15 is 0 Å². The molecule has 0 spiro atoms. The van der Waals surface area contributed by atoms with Crippen LogP contribution in [-0.4, -0.2) is 5.91 Å². The Labute approximate surface area is 91.2 Å². The fourth-order valence-electron chi connectivity index (χ4n) is 0.951. The van der Waals surface area contributed by atoms with Crippen LogP contribution >= 0.6 is 23.0 Å². The van der Waals surface area contributed by atoms with Gasteiger partial charge < -0.3 is 8.38 Å². The number of hydrogen-bond acceptors (Lipinski definition) is 2. The number of benzene rings is 1. The maximum Gasteiger partial charge on any atom is 0.221 e. The summed E-state index contributed by atoms with van der Waals surface area (Å²) in [5, 5.41) is 2.69. The molecule has 1 aromatic carbocycles. The maximum absolute atomic E-state index is 10.7. The van der Waals surface area contributed by atoms with Crippen molar-refractivity contribution < 1.29 is 7.86 Å². The van der Waals surface area contributed by atoms with Gasteiger partial charge in [-0.1, -0.05) is 12.1 Å². The molecule has 70 valence electrons. The van der Waals surface area contributed by atoms with Crippen molar-refractivity contribution >= 4 is 34.6 Å². The van der Waals surface area contributed by atoms with E-state index in [1.165, 1.54) is 6.92 Å². The molecule has 0 unspecified atom stereocenters. The van der Waals surface area contributed by atoms with Crippen LogP contribution in [0.3, 0.4) is 0 Å². The molecule has 1 N–H and O–H groups in total. The first kappa shape index (κ1) is 10.5. The number of carbonyl (C=O) groups excluding carboxylic acids is 1. The highest BCUT2D eigenvalue weighted by Crippen LogP contribution is 2.10. The van der Waals surface area contributed by atoms with Gasteiger partial charge in [-0.25, -0.2) is 0 Å². The van der Waals surface area contributed by atoms with E-state index in [2.05, 4.69) is 5.32 Å². The summed E-state index contributed by atoms with van der Waals surface area (Å²) in [6, 6.07) is 7.55. The van der Waals surface area contributed by atoms with E-state index in [9.17, 15) is 4.79 Å². The molecule has 0 aliphatic rings. The van der Waals surface area contributed by atoms with Crippen LogP contribution in [0.1, 0.15) is 12.5 Å². The highest BCUT2D eigenvalue weighted by molar-refractivity contribution is 14.1. The van der Waals surface area contributed by atoms with Gasteiger partial charge in [0.05, 0.1) is 6.61 Å². The Bertz CT molecular complexity index is 284. The fraction of sp³-hybridized carbons (Fsp3) is 0.222. The van der Waals surface area contributed by atoms with Gasteiger partial charge in [0.1, 0.15) is 23.0 Å². The van der Waals surface area contributed by atoms with Crippen LogP contribution in [0.2, 0.25) is 0 Å². The topological polar surface area (TPSA) is 38.3 Å². The number of hydrogen-bond donors (Lipinski definition) is 1. The summed E-state index contributed by atoms with van der Waals surface area (Å²) in [6.07, 6.45) is 0. The van der Waals surface area contributed by atoms with Crippen LogP contribution in [0, 0.1) is 0 Å². The Balaban J connectivity index is 2.64. The summed E-state index contributed by atoms with van der Waals surface area (Å²) >= 11 is 1.85. The molecule has 0 saturated heterocycles. The highest BCUT2D eigenvalue weighted by atomic mass is 127. The van der Waals surface area contributed by atoms with Gasteiger partial charge in [0, 0.05) is 12.6 Å². The zero-order chi connectivity index (χ0) is 9.68. The van der Waals surface area contributed by atoms with Gasteiger partial charge in [-0.05, 0) is 17.7 Å². The molecule has 0 radical (unpaired) electrons. The minimum Gasteiger partial charge on any atom is -0.326 e. The minimum atomic E-state index is -0.0575. The van der Waals surface area contributed by atoms with Crippen LogP contribution in [0.5, 0.6) is 0 Å². The molecular weight excluding hydrogens is 281 g/mol. The van der Waals surface area contributed by atoms with Gasteiger partial charge in [-0.15, -0.1) is 0 Å². The zero-order valence-electron chi connectivity index (χ0n) is 7.21. The number of nitrogens with one attached hydrogen (secondary N) is 1. The molecule has 3 nitrogen and oxygen atoms in total. The molecule has 0 bridgehead atoms. The first-order valence-electron chi connectivity index (χ1n) is 3.82. The Morgan fingerprint density at radius 3 is 2.54 bits per heavy atom. The van der Waals surface area contributed by atoms with Crippen LogP contribution in [0.25, 0.3) is 0 Å². The molecule has 0 saturated carbocycles. The molecule has 0 atom stereocenters. The Kier molecular flexibility index (Phi) is 4.17. The minimum absolute atomic E-state index is 0.0575. The molecule has 0 aromatic heterocycles. The van der Waals surface area contributed by atoms with Crippen LogP contribution in [-0.2, 0) is 14.5 Å². The Hall–Kier alpha value is -0.620. The van der Waals surface area contributed by atoms with Crippen LogP contribution in [0.4, 0.5) is 5.69 Å². The third-order valence-corrected chi connectivity index (χ3v) is 1.81. The van der Waals surface area contributed by atoms with Crippen LogP contribution in [0.15, 0.2) is 24.3 Å². The van der Waals surface area contributed by atoms with Gasteiger partial charge in [-0.3, -0.25) is 4.79 Å². The van der Waals surface area contributed by atoms with Crippen molar-refractivity contribution in [1.82, 2.24) is 0 Å². The van der Waals surface area contributed by atoms with Crippen molar-refractivity contribution in [3.05, 3.63) is 29.8 Å². The summed E-state index contributed by atoms with van der Waals surface area (Å²) in [6.45, 7) is 2.07. The van der Waals surface area contributed by atoms with Crippen molar-refractivity contribution in [3.8, 4) is 0 Å². The Morgan fingerprint density at radius 2 is 2.08 bits per heavy atom. The first-order valence-corrected chi connectivity index (χ1v) is 4.70. The maximum atomic E-state index is 10.7. The summed E-state index contributed by atoms with van der Waals surface area (Å²) in [5.74, 6) is -0.0575. The fourth-order valence-corrected chi connectivity index (χ4v) is 1.31. The van der Waals surface area contributed by atoms with Gasteiger partial charge >= 0.3 is 0 Å². The third-order valence-electron chi connectivity index (χ3n) is 1.50. The standard InChI is InChI=1S/C9H10INO2/c1-7(12)11-9-4-2-8(3-5-9)6-13-10/h2-5H,6H2,1H3,(H,11,12). The quantitative estimate of drug-likeness (QED) is 0.869. The molecule has 13 heavy (non-hydrogen) atoms. The predicted octanol–water partition coefficient (Wildman–Crippen LogP) is 2.51. The van der Waals surface area contributed by atoms with E-state index in [0.717, 1.165) is 11.3 Å². The molecule has 1 aromatic rings. The number of halogens is 1. The van der Waals surface area contributed by atoms with Gasteiger partial charge in [-0.2, -0.15) is 0 Å². The molecule has 0 heterocycles. The second-order valence-electron chi connectivity index (χ2n) is 2.63. The first-order chi connectivity index (χ1) is 6.22. The van der Waals surface area contributed by atoms with Crippen molar-refractivity contribution in [2.75, 3.05) is 5.32 Å². The normalized spacial score (nSPS) is 9.69. The lowest BCUT2D eigenvalue weighted by Crippen LogP contribution is -2.05. The molecule has 0 aliphatic heterocycles. The van der Waals surface area contributed by atoms with E-state index in [0.29, 0.717) is 6.61 Å². The van der Waals surface area contributed by atoms with Gasteiger partial charge in [0.25, 0.3) is 0 Å². The second-order valence-corrected chi connectivity index (χ2v) is 3.25. The van der Waals surface area contributed by atoms with Crippen molar-refractivity contribution in [3.63, 3.8) is 0 Å². The summed E-state index contributed by atoms with van der Waals surface area (Å²) < 4.78 is 4.93. The number of carbonyl (C=O) groups is 1.